The van der Waals surface area contributed by atoms with E-state index in [0.717, 1.165) is 0 Å². The highest BCUT2D eigenvalue weighted by Crippen LogP contribution is 2.18. The van der Waals surface area contributed by atoms with Crippen LogP contribution in [0.25, 0.3) is 0 Å². The molecule has 0 aliphatic carbocycles. The summed E-state index contributed by atoms with van der Waals surface area (Å²) >= 11 is 0. The zero-order chi connectivity index (χ0) is 16.1. The molecule has 0 unspecified atom stereocenters. The van der Waals surface area contributed by atoms with Crippen molar-refractivity contribution < 1.29 is 24.2 Å². The van der Waals surface area contributed by atoms with Gasteiger partial charge in [-0.3, -0.25) is 0 Å². The average Bonchev–Trinajstić information content (AvgIpc) is 2.52. The van der Waals surface area contributed by atoms with Crippen LogP contribution in [-0.4, -0.2) is 22.2 Å². The molecule has 2 aromatic carbocycles. The number of anilines is 1. The Balaban J connectivity index is 2.21. The Bertz CT molecular complexity index is 715. The van der Waals surface area contributed by atoms with Crippen molar-refractivity contribution in [2.75, 3.05) is 5.32 Å². The fourth-order valence-corrected chi connectivity index (χ4v) is 2.07. The van der Waals surface area contributed by atoms with Gasteiger partial charge in [0.05, 0.1) is 11.1 Å². The van der Waals surface area contributed by atoms with Crippen molar-refractivity contribution in [3.05, 3.63) is 64.7 Å². The SMILES string of the molecule is O=C(O)c1cc(CNc2ccccc2C(=O)O)ccc1CF. The first-order valence-corrected chi connectivity index (χ1v) is 6.50. The molecule has 114 valence electrons. The Hall–Kier alpha value is -2.89. The Morgan fingerprint density at radius 3 is 2.32 bits per heavy atom. The van der Waals surface area contributed by atoms with E-state index in [4.69, 9.17) is 10.2 Å². The van der Waals surface area contributed by atoms with Gasteiger partial charge in [0.1, 0.15) is 6.67 Å². The first-order valence-electron chi connectivity index (χ1n) is 6.50. The molecule has 0 saturated carbocycles. The number of carboxylic acids is 2. The lowest BCUT2D eigenvalue weighted by Gasteiger charge is -2.11. The van der Waals surface area contributed by atoms with Crippen molar-refractivity contribution in [3.63, 3.8) is 0 Å². The van der Waals surface area contributed by atoms with Crippen molar-refractivity contribution in [1.29, 1.82) is 0 Å². The van der Waals surface area contributed by atoms with Crippen molar-refractivity contribution in [1.82, 2.24) is 0 Å². The van der Waals surface area contributed by atoms with Gasteiger partial charge >= 0.3 is 11.9 Å². The minimum absolute atomic E-state index is 0.0895. The molecule has 2 aromatic rings. The van der Waals surface area contributed by atoms with Crippen LogP contribution in [0.4, 0.5) is 10.1 Å². The number of hydrogen-bond acceptors (Lipinski definition) is 3. The van der Waals surface area contributed by atoms with Gasteiger partial charge in [-0.2, -0.15) is 0 Å². The number of nitrogens with one attached hydrogen (secondary N) is 1. The topological polar surface area (TPSA) is 86.6 Å². The van der Waals surface area contributed by atoms with Gasteiger partial charge in [-0.15, -0.1) is 0 Å². The smallest absolute Gasteiger partial charge is 0.337 e. The Kier molecular flexibility index (Phi) is 4.73. The largest absolute Gasteiger partial charge is 0.478 e. The standard InChI is InChI=1S/C16H14FNO4/c17-8-11-6-5-10(7-13(11)16(21)22)9-18-14-4-2-1-3-12(14)15(19)20/h1-7,18H,8-9H2,(H,19,20)(H,21,22). The number of aromatic carboxylic acids is 2. The van der Waals surface area contributed by atoms with E-state index in [2.05, 4.69) is 5.32 Å². The highest BCUT2D eigenvalue weighted by Gasteiger charge is 2.12. The Morgan fingerprint density at radius 2 is 1.68 bits per heavy atom. The molecule has 0 saturated heterocycles. The number of alkyl halides is 1. The zero-order valence-electron chi connectivity index (χ0n) is 11.5. The van der Waals surface area contributed by atoms with Crippen LogP contribution in [0.1, 0.15) is 31.8 Å². The van der Waals surface area contributed by atoms with Crippen LogP contribution in [0.5, 0.6) is 0 Å². The van der Waals surface area contributed by atoms with Crippen LogP contribution in [0.3, 0.4) is 0 Å². The van der Waals surface area contributed by atoms with E-state index in [1.54, 1.807) is 24.3 Å². The van der Waals surface area contributed by atoms with Crippen LogP contribution >= 0.6 is 0 Å². The number of carboxylic acid groups (broad SMARTS) is 2. The minimum atomic E-state index is -1.19. The molecular weight excluding hydrogens is 289 g/mol. The number of para-hydroxylation sites is 1. The molecule has 0 fully saturated rings. The van der Waals surface area contributed by atoms with Crippen LogP contribution in [-0.2, 0) is 13.2 Å². The lowest BCUT2D eigenvalue weighted by atomic mass is 10.0. The van der Waals surface area contributed by atoms with Gasteiger partial charge in [0.25, 0.3) is 0 Å². The fourth-order valence-electron chi connectivity index (χ4n) is 2.07. The summed E-state index contributed by atoms with van der Waals surface area (Å²) in [4.78, 5) is 22.2. The second-order valence-corrected chi connectivity index (χ2v) is 4.63. The van der Waals surface area contributed by atoms with Gasteiger partial charge in [-0.05, 0) is 29.3 Å². The fraction of sp³-hybridized carbons (Fsp3) is 0.125. The monoisotopic (exact) mass is 303 g/mol. The van der Waals surface area contributed by atoms with Gasteiger partial charge < -0.3 is 15.5 Å². The number of hydrogen-bond donors (Lipinski definition) is 3. The molecule has 0 aromatic heterocycles. The summed E-state index contributed by atoms with van der Waals surface area (Å²) in [5, 5.41) is 21.1. The summed E-state index contributed by atoms with van der Waals surface area (Å²) < 4.78 is 12.7. The molecule has 0 aliphatic rings. The number of benzene rings is 2. The molecule has 0 amide bonds. The molecule has 0 heterocycles. The maximum Gasteiger partial charge on any atom is 0.337 e. The summed E-state index contributed by atoms with van der Waals surface area (Å²) in [5.74, 6) is -2.25. The molecule has 3 N–H and O–H groups in total. The minimum Gasteiger partial charge on any atom is -0.478 e. The quantitative estimate of drug-likeness (QED) is 0.763. The highest BCUT2D eigenvalue weighted by atomic mass is 19.1. The van der Waals surface area contributed by atoms with E-state index in [9.17, 15) is 14.0 Å². The lowest BCUT2D eigenvalue weighted by Crippen LogP contribution is -2.08. The van der Waals surface area contributed by atoms with E-state index in [1.165, 1.54) is 18.2 Å². The third-order valence-corrected chi connectivity index (χ3v) is 3.19. The van der Waals surface area contributed by atoms with E-state index in [-0.39, 0.29) is 23.2 Å². The molecular formula is C16H14FNO4. The molecule has 6 heteroatoms. The molecule has 0 spiro atoms. The summed E-state index contributed by atoms with van der Waals surface area (Å²) in [7, 11) is 0. The van der Waals surface area contributed by atoms with Gasteiger partial charge in [0, 0.05) is 12.2 Å². The molecule has 2 rings (SSSR count). The molecule has 0 bridgehead atoms. The van der Waals surface area contributed by atoms with E-state index < -0.39 is 18.6 Å². The van der Waals surface area contributed by atoms with Gasteiger partial charge in [0.15, 0.2) is 0 Å². The molecule has 0 atom stereocenters. The summed E-state index contributed by atoms with van der Waals surface area (Å²) in [5.41, 5.74) is 1.20. The maximum absolute atomic E-state index is 12.7. The molecule has 22 heavy (non-hydrogen) atoms. The zero-order valence-corrected chi connectivity index (χ0v) is 11.5. The summed E-state index contributed by atoms with van der Waals surface area (Å²) in [6.45, 7) is -0.617. The lowest BCUT2D eigenvalue weighted by molar-refractivity contribution is 0.0685. The van der Waals surface area contributed by atoms with Gasteiger partial charge in [-0.25, -0.2) is 14.0 Å². The third kappa shape index (κ3) is 3.41. The van der Waals surface area contributed by atoms with Crippen molar-refractivity contribution in [2.24, 2.45) is 0 Å². The van der Waals surface area contributed by atoms with Gasteiger partial charge in [-0.1, -0.05) is 24.3 Å². The van der Waals surface area contributed by atoms with Gasteiger partial charge in [0.2, 0.25) is 0 Å². The third-order valence-electron chi connectivity index (χ3n) is 3.19. The summed E-state index contributed by atoms with van der Waals surface area (Å²) in [6.07, 6.45) is 0. The second-order valence-electron chi connectivity index (χ2n) is 4.63. The molecule has 0 aliphatic heterocycles. The Labute approximate surface area is 126 Å². The molecule has 5 nitrogen and oxygen atoms in total. The number of carbonyl (C=O) groups is 2. The Morgan fingerprint density at radius 1 is 1.00 bits per heavy atom. The summed E-state index contributed by atoms with van der Waals surface area (Å²) in [6, 6.07) is 10.8. The number of halogens is 1. The first kappa shape index (κ1) is 15.5. The van der Waals surface area contributed by atoms with Crippen molar-refractivity contribution in [2.45, 2.75) is 13.2 Å². The van der Waals surface area contributed by atoms with Crippen LogP contribution in [0.15, 0.2) is 42.5 Å². The van der Waals surface area contributed by atoms with Crippen LogP contribution < -0.4 is 5.32 Å². The number of rotatable bonds is 6. The van der Waals surface area contributed by atoms with Crippen LogP contribution in [0, 0.1) is 0 Å². The second kappa shape index (κ2) is 6.71. The van der Waals surface area contributed by atoms with Crippen molar-refractivity contribution >= 4 is 17.6 Å². The van der Waals surface area contributed by atoms with E-state index in [0.29, 0.717) is 11.3 Å². The first-order chi connectivity index (χ1) is 10.5. The maximum atomic E-state index is 12.7. The van der Waals surface area contributed by atoms with E-state index >= 15 is 0 Å². The average molecular weight is 303 g/mol. The normalized spacial score (nSPS) is 10.2. The molecule has 0 radical (unpaired) electrons. The predicted octanol–water partition coefficient (Wildman–Crippen LogP) is 3.16. The van der Waals surface area contributed by atoms with Crippen LogP contribution in [0.2, 0.25) is 0 Å². The predicted molar refractivity (Wildman–Crippen MR) is 78.9 cm³/mol. The highest BCUT2D eigenvalue weighted by molar-refractivity contribution is 5.94. The van der Waals surface area contributed by atoms with E-state index in [1.807, 2.05) is 0 Å². The van der Waals surface area contributed by atoms with Crippen molar-refractivity contribution in [3.8, 4) is 0 Å².